The molecule has 104 valence electrons. The minimum Gasteiger partial charge on any atom is -0.328 e. The summed E-state index contributed by atoms with van der Waals surface area (Å²) in [5, 5.41) is 3.69. The number of anilines is 1. The molecule has 19 heavy (non-hydrogen) atoms. The topological polar surface area (TPSA) is 68.0 Å². The molecule has 2 fully saturated rings. The number of thiazole rings is 1. The van der Waals surface area contributed by atoms with Gasteiger partial charge in [0.1, 0.15) is 0 Å². The predicted molar refractivity (Wildman–Crippen MR) is 77.3 cm³/mol. The van der Waals surface area contributed by atoms with Crippen molar-refractivity contribution in [2.75, 3.05) is 5.32 Å². The van der Waals surface area contributed by atoms with Gasteiger partial charge < -0.3 is 11.1 Å². The third-order valence-electron chi connectivity index (χ3n) is 4.31. The van der Waals surface area contributed by atoms with Gasteiger partial charge in [0.2, 0.25) is 5.91 Å². The molecular formula is C14H21N3OS. The highest BCUT2D eigenvalue weighted by molar-refractivity contribution is 7.15. The zero-order valence-corrected chi connectivity index (χ0v) is 11.9. The summed E-state index contributed by atoms with van der Waals surface area (Å²) in [4.78, 5) is 17.6. The van der Waals surface area contributed by atoms with Crippen molar-refractivity contribution in [3.8, 4) is 0 Å². The number of hydrogen-bond acceptors (Lipinski definition) is 4. The lowest BCUT2D eigenvalue weighted by atomic mass is 9.80. The van der Waals surface area contributed by atoms with Gasteiger partial charge in [0, 0.05) is 23.0 Å². The van der Waals surface area contributed by atoms with Gasteiger partial charge in [-0.05, 0) is 31.6 Å². The molecule has 2 saturated carbocycles. The fraction of sp³-hybridized carbons (Fsp3) is 0.714. The summed E-state index contributed by atoms with van der Waals surface area (Å²) in [5.41, 5.74) is 5.71. The maximum absolute atomic E-state index is 11.9. The number of carbonyl (C=O) groups is 1. The molecule has 4 nitrogen and oxygen atoms in total. The van der Waals surface area contributed by atoms with Gasteiger partial charge in [-0.15, -0.1) is 11.3 Å². The Hall–Kier alpha value is -0.940. The highest BCUT2D eigenvalue weighted by atomic mass is 32.1. The van der Waals surface area contributed by atoms with Crippen LogP contribution in [-0.4, -0.2) is 16.9 Å². The smallest absolute Gasteiger partial charge is 0.229 e. The van der Waals surface area contributed by atoms with Crippen molar-refractivity contribution in [2.24, 2.45) is 11.7 Å². The normalized spacial score (nSPS) is 27.8. The summed E-state index contributed by atoms with van der Waals surface area (Å²) >= 11 is 1.65. The molecule has 0 atom stereocenters. The Balaban J connectivity index is 1.57. The highest BCUT2D eigenvalue weighted by Crippen LogP contribution is 2.37. The largest absolute Gasteiger partial charge is 0.328 e. The number of nitrogens with zero attached hydrogens (tertiary/aromatic N) is 1. The molecule has 0 spiro atoms. The van der Waals surface area contributed by atoms with Gasteiger partial charge in [-0.1, -0.05) is 19.3 Å². The maximum Gasteiger partial charge on any atom is 0.229 e. The van der Waals surface area contributed by atoms with Crippen LogP contribution in [0.3, 0.4) is 0 Å². The Morgan fingerprint density at radius 2 is 2.05 bits per heavy atom. The van der Waals surface area contributed by atoms with Crippen LogP contribution < -0.4 is 11.1 Å². The van der Waals surface area contributed by atoms with Crippen LogP contribution in [0.1, 0.15) is 55.7 Å². The van der Waals surface area contributed by atoms with Crippen LogP contribution in [0, 0.1) is 5.92 Å². The van der Waals surface area contributed by atoms with E-state index < -0.39 is 0 Å². The summed E-state index contributed by atoms with van der Waals surface area (Å²) in [6.07, 6.45) is 10.1. The number of nitrogens with two attached hydrogens (primary N) is 1. The van der Waals surface area contributed by atoms with Gasteiger partial charge in [0.05, 0.1) is 0 Å². The number of aromatic nitrogens is 1. The van der Waals surface area contributed by atoms with Crippen molar-refractivity contribution in [2.45, 2.75) is 56.9 Å². The molecule has 0 saturated heterocycles. The molecule has 5 heteroatoms. The predicted octanol–water partition coefficient (Wildman–Crippen LogP) is 2.87. The van der Waals surface area contributed by atoms with E-state index in [1.165, 1.54) is 37.0 Å². The zero-order valence-electron chi connectivity index (χ0n) is 11.1. The standard InChI is InChI=1S/C14H21N3OS/c15-11-6-10(7-11)13(18)17-14-16-8-12(19-14)9-4-2-1-3-5-9/h8-11H,1-7,15H2,(H,16,17,18)/t10-,11+. The van der Waals surface area contributed by atoms with Crippen LogP contribution in [0.4, 0.5) is 5.13 Å². The molecule has 1 amide bonds. The van der Waals surface area contributed by atoms with Crippen LogP contribution in [-0.2, 0) is 4.79 Å². The Labute approximate surface area is 117 Å². The lowest BCUT2D eigenvalue weighted by Gasteiger charge is -2.30. The third kappa shape index (κ3) is 2.98. The van der Waals surface area contributed by atoms with Crippen LogP contribution in [0.2, 0.25) is 0 Å². The Kier molecular flexibility index (Phi) is 3.84. The maximum atomic E-state index is 11.9. The minimum absolute atomic E-state index is 0.0891. The van der Waals surface area contributed by atoms with Crippen molar-refractivity contribution in [3.63, 3.8) is 0 Å². The quantitative estimate of drug-likeness (QED) is 0.894. The first kappa shape index (κ1) is 13.1. The molecule has 0 unspecified atom stereocenters. The Morgan fingerprint density at radius 1 is 1.32 bits per heavy atom. The second-order valence-corrected chi connectivity index (χ2v) is 6.88. The molecule has 0 aromatic carbocycles. The first-order valence-corrected chi connectivity index (χ1v) is 8.06. The second kappa shape index (κ2) is 5.59. The van der Waals surface area contributed by atoms with Gasteiger partial charge in [0.25, 0.3) is 0 Å². The van der Waals surface area contributed by atoms with Crippen LogP contribution >= 0.6 is 11.3 Å². The lowest BCUT2D eigenvalue weighted by molar-refractivity contribution is -0.122. The summed E-state index contributed by atoms with van der Waals surface area (Å²) in [6, 6.07) is 0.213. The van der Waals surface area contributed by atoms with Crippen LogP contribution in [0.5, 0.6) is 0 Å². The number of rotatable bonds is 3. The van der Waals surface area contributed by atoms with Crippen LogP contribution in [0.15, 0.2) is 6.20 Å². The van der Waals surface area contributed by atoms with Crippen molar-refractivity contribution < 1.29 is 4.79 Å². The van der Waals surface area contributed by atoms with Crippen molar-refractivity contribution in [3.05, 3.63) is 11.1 Å². The van der Waals surface area contributed by atoms with Crippen molar-refractivity contribution in [1.29, 1.82) is 0 Å². The molecule has 3 rings (SSSR count). The Morgan fingerprint density at radius 3 is 2.74 bits per heavy atom. The minimum atomic E-state index is 0.0891. The first-order chi connectivity index (χ1) is 9.22. The van der Waals surface area contributed by atoms with Gasteiger partial charge in [-0.25, -0.2) is 4.98 Å². The second-order valence-electron chi connectivity index (χ2n) is 5.82. The Bertz CT molecular complexity index is 447. The summed E-state index contributed by atoms with van der Waals surface area (Å²) in [7, 11) is 0. The van der Waals surface area contributed by atoms with E-state index in [0.717, 1.165) is 18.0 Å². The van der Waals surface area contributed by atoms with E-state index in [9.17, 15) is 4.79 Å². The average Bonchev–Trinajstić information content (AvgIpc) is 2.84. The first-order valence-electron chi connectivity index (χ1n) is 7.24. The molecule has 0 radical (unpaired) electrons. The van der Waals surface area contributed by atoms with E-state index in [0.29, 0.717) is 5.92 Å². The van der Waals surface area contributed by atoms with Crippen molar-refractivity contribution in [1.82, 2.24) is 4.98 Å². The fourth-order valence-corrected chi connectivity index (χ4v) is 3.99. The zero-order chi connectivity index (χ0) is 13.2. The SMILES string of the molecule is N[C@H]1C[C@@H](C(=O)Nc2ncc(C3CCCCC3)s2)C1. The fourth-order valence-electron chi connectivity index (χ4n) is 3.00. The highest BCUT2D eigenvalue weighted by Gasteiger charge is 2.32. The van der Waals surface area contributed by atoms with E-state index >= 15 is 0 Å². The summed E-state index contributed by atoms with van der Waals surface area (Å²) < 4.78 is 0. The molecule has 1 heterocycles. The molecule has 3 N–H and O–H groups in total. The number of amides is 1. The molecule has 2 aliphatic carbocycles. The van der Waals surface area contributed by atoms with Gasteiger partial charge in [-0.2, -0.15) is 0 Å². The lowest BCUT2D eigenvalue weighted by Crippen LogP contribution is -2.42. The summed E-state index contributed by atoms with van der Waals surface area (Å²) in [5.74, 6) is 0.845. The van der Waals surface area contributed by atoms with Gasteiger partial charge in [0.15, 0.2) is 5.13 Å². The monoisotopic (exact) mass is 279 g/mol. The van der Waals surface area contributed by atoms with Gasteiger partial charge in [-0.3, -0.25) is 4.79 Å². The number of nitrogens with one attached hydrogen (secondary N) is 1. The average molecular weight is 279 g/mol. The van der Waals surface area contributed by atoms with Gasteiger partial charge >= 0.3 is 0 Å². The van der Waals surface area contributed by atoms with E-state index in [1.54, 1.807) is 11.3 Å². The molecule has 0 bridgehead atoms. The third-order valence-corrected chi connectivity index (χ3v) is 5.38. The van der Waals surface area contributed by atoms with E-state index in [4.69, 9.17) is 5.73 Å². The molecule has 1 aromatic heterocycles. The van der Waals surface area contributed by atoms with E-state index in [-0.39, 0.29) is 17.9 Å². The number of hydrogen-bond donors (Lipinski definition) is 2. The summed E-state index contributed by atoms with van der Waals surface area (Å²) in [6.45, 7) is 0. The molecule has 0 aliphatic heterocycles. The molecule has 1 aromatic rings. The number of carbonyl (C=O) groups excluding carboxylic acids is 1. The molecule has 2 aliphatic rings. The molecular weight excluding hydrogens is 258 g/mol. The van der Waals surface area contributed by atoms with Crippen molar-refractivity contribution >= 4 is 22.4 Å². The van der Waals surface area contributed by atoms with E-state index in [1.807, 2.05) is 6.20 Å². The van der Waals surface area contributed by atoms with Crippen LogP contribution in [0.25, 0.3) is 0 Å². The van der Waals surface area contributed by atoms with E-state index in [2.05, 4.69) is 10.3 Å².